The maximum atomic E-state index is 10.7. The third kappa shape index (κ3) is 3.25. The first-order valence-corrected chi connectivity index (χ1v) is 9.76. The molecule has 1 unspecified atom stereocenters. The number of aromatic nitrogens is 3. The summed E-state index contributed by atoms with van der Waals surface area (Å²) in [4.78, 5) is 16.8. The van der Waals surface area contributed by atoms with Gasteiger partial charge in [0, 0.05) is 13.1 Å². The highest BCUT2D eigenvalue weighted by atomic mass is 32.1. The molecule has 2 saturated heterocycles. The molecule has 0 radical (unpaired) electrons. The highest BCUT2D eigenvalue weighted by Crippen LogP contribution is 2.31. The SMILES string of the molecule is Cc1nc2ncc(N3CCC(C(O)C4CCNCC4)CC3)nc2s1. The number of fused-ring (bicyclic) bond motifs is 1. The Hall–Kier alpha value is -1.31. The molecule has 2 aromatic rings. The zero-order valence-corrected chi connectivity index (χ0v) is 14.9. The fourth-order valence-electron chi connectivity index (χ4n) is 4.01. The van der Waals surface area contributed by atoms with Crippen molar-refractivity contribution in [2.75, 3.05) is 31.1 Å². The van der Waals surface area contributed by atoms with E-state index in [1.54, 1.807) is 11.3 Å². The van der Waals surface area contributed by atoms with Crippen LogP contribution >= 0.6 is 11.3 Å². The first-order chi connectivity index (χ1) is 11.7. The van der Waals surface area contributed by atoms with E-state index in [0.717, 1.165) is 73.2 Å². The molecular weight excluding hydrogens is 322 g/mol. The van der Waals surface area contributed by atoms with Crippen LogP contribution in [0, 0.1) is 18.8 Å². The fourth-order valence-corrected chi connectivity index (χ4v) is 4.75. The van der Waals surface area contributed by atoms with Gasteiger partial charge in [0.15, 0.2) is 10.5 Å². The van der Waals surface area contributed by atoms with Crippen LogP contribution in [-0.2, 0) is 0 Å². The monoisotopic (exact) mass is 347 g/mol. The van der Waals surface area contributed by atoms with Crippen molar-refractivity contribution < 1.29 is 5.11 Å². The summed E-state index contributed by atoms with van der Waals surface area (Å²) in [6.45, 7) is 5.98. The topological polar surface area (TPSA) is 74.2 Å². The number of aliphatic hydroxyl groups excluding tert-OH is 1. The lowest BCUT2D eigenvalue weighted by atomic mass is 9.80. The van der Waals surface area contributed by atoms with Crippen molar-refractivity contribution in [1.29, 1.82) is 0 Å². The molecule has 24 heavy (non-hydrogen) atoms. The predicted octanol–water partition coefficient (Wildman–Crippen LogP) is 1.97. The maximum Gasteiger partial charge on any atom is 0.189 e. The minimum absolute atomic E-state index is 0.146. The van der Waals surface area contributed by atoms with E-state index < -0.39 is 0 Å². The minimum Gasteiger partial charge on any atom is -0.393 e. The van der Waals surface area contributed by atoms with Gasteiger partial charge in [0.1, 0.15) is 5.82 Å². The van der Waals surface area contributed by atoms with Gasteiger partial charge in [-0.25, -0.2) is 15.0 Å². The molecule has 2 aromatic heterocycles. The van der Waals surface area contributed by atoms with E-state index in [2.05, 4.69) is 20.2 Å². The van der Waals surface area contributed by atoms with Crippen molar-refractivity contribution in [2.24, 2.45) is 11.8 Å². The molecule has 0 aliphatic carbocycles. The Morgan fingerprint density at radius 2 is 1.88 bits per heavy atom. The smallest absolute Gasteiger partial charge is 0.189 e. The molecule has 4 heterocycles. The molecule has 0 amide bonds. The van der Waals surface area contributed by atoms with E-state index in [1.165, 1.54) is 0 Å². The second-order valence-electron chi connectivity index (χ2n) is 6.99. The molecule has 2 fully saturated rings. The number of anilines is 1. The molecule has 6 nitrogen and oxygen atoms in total. The predicted molar refractivity (Wildman–Crippen MR) is 96.5 cm³/mol. The van der Waals surface area contributed by atoms with Crippen molar-refractivity contribution in [3.8, 4) is 0 Å². The molecule has 2 aliphatic heterocycles. The van der Waals surface area contributed by atoms with Crippen LogP contribution in [0.3, 0.4) is 0 Å². The number of nitrogens with zero attached hydrogens (tertiary/aromatic N) is 4. The second kappa shape index (κ2) is 6.90. The van der Waals surface area contributed by atoms with Gasteiger partial charge in [-0.05, 0) is 57.5 Å². The summed E-state index contributed by atoms with van der Waals surface area (Å²) in [5.41, 5.74) is 0.748. The number of nitrogens with one attached hydrogen (secondary N) is 1. The van der Waals surface area contributed by atoms with Gasteiger partial charge in [-0.15, -0.1) is 0 Å². The summed E-state index contributed by atoms with van der Waals surface area (Å²) >= 11 is 1.60. The Balaban J connectivity index is 1.39. The van der Waals surface area contributed by atoms with Crippen LogP contribution in [0.4, 0.5) is 5.82 Å². The van der Waals surface area contributed by atoms with Crippen LogP contribution in [0.1, 0.15) is 30.7 Å². The first-order valence-electron chi connectivity index (χ1n) is 8.94. The quantitative estimate of drug-likeness (QED) is 0.884. The van der Waals surface area contributed by atoms with Gasteiger partial charge < -0.3 is 15.3 Å². The standard InChI is InChI=1S/C17H25N5OS/c1-11-20-16-17(24-11)21-14(10-19-16)22-8-4-13(5-9-22)15(23)12-2-6-18-7-3-12/h10,12-13,15,18,23H,2-9H2,1H3. The van der Waals surface area contributed by atoms with E-state index >= 15 is 0 Å². The van der Waals surface area contributed by atoms with Crippen LogP contribution in [0.5, 0.6) is 0 Å². The van der Waals surface area contributed by atoms with Gasteiger partial charge in [-0.1, -0.05) is 11.3 Å². The maximum absolute atomic E-state index is 10.7. The van der Waals surface area contributed by atoms with Crippen molar-refractivity contribution >= 4 is 27.6 Å². The molecule has 0 aromatic carbocycles. The lowest BCUT2D eigenvalue weighted by Crippen LogP contribution is -2.43. The Morgan fingerprint density at radius 1 is 1.17 bits per heavy atom. The molecule has 1 atom stereocenters. The third-order valence-corrected chi connectivity index (χ3v) is 6.28. The molecule has 2 aliphatic rings. The Bertz CT molecular complexity index is 691. The summed E-state index contributed by atoms with van der Waals surface area (Å²) in [6.07, 6.45) is 5.97. The van der Waals surface area contributed by atoms with Gasteiger partial charge in [-0.3, -0.25) is 0 Å². The average Bonchev–Trinajstić information content (AvgIpc) is 3.01. The summed E-state index contributed by atoms with van der Waals surface area (Å²) in [5.74, 6) is 1.84. The lowest BCUT2D eigenvalue weighted by Gasteiger charge is -2.38. The van der Waals surface area contributed by atoms with Gasteiger partial charge in [0.05, 0.1) is 17.3 Å². The molecule has 130 valence electrons. The molecule has 2 N–H and O–H groups in total. The van der Waals surface area contributed by atoms with E-state index in [1.807, 2.05) is 13.1 Å². The van der Waals surface area contributed by atoms with Gasteiger partial charge >= 0.3 is 0 Å². The van der Waals surface area contributed by atoms with Crippen LogP contribution in [0.25, 0.3) is 10.5 Å². The number of hydrogen-bond donors (Lipinski definition) is 2. The van der Waals surface area contributed by atoms with Crippen LogP contribution in [0.15, 0.2) is 6.20 Å². The average molecular weight is 347 g/mol. The number of hydrogen-bond acceptors (Lipinski definition) is 7. The van der Waals surface area contributed by atoms with E-state index in [-0.39, 0.29) is 6.10 Å². The molecule has 0 saturated carbocycles. The van der Waals surface area contributed by atoms with Crippen LogP contribution in [0.2, 0.25) is 0 Å². The van der Waals surface area contributed by atoms with Gasteiger partial charge in [0.25, 0.3) is 0 Å². The number of aryl methyl sites for hydroxylation is 1. The lowest BCUT2D eigenvalue weighted by molar-refractivity contribution is 0.0265. The first kappa shape index (κ1) is 16.2. The molecule has 0 bridgehead atoms. The number of rotatable bonds is 3. The summed E-state index contributed by atoms with van der Waals surface area (Å²) < 4.78 is 0. The van der Waals surface area contributed by atoms with Crippen molar-refractivity contribution in [1.82, 2.24) is 20.3 Å². The van der Waals surface area contributed by atoms with Crippen LogP contribution in [-0.4, -0.2) is 52.3 Å². The molecule has 0 spiro atoms. The summed E-state index contributed by atoms with van der Waals surface area (Å²) in [7, 11) is 0. The van der Waals surface area contributed by atoms with E-state index in [4.69, 9.17) is 4.98 Å². The van der Waals surface area contributed by atoms with Crippen molar-refractivity contribution in [3.05, 3.63) is 11.2 Å². The zero-order valence-electron chi connectivity index (χ0n) is 14.1. The number of thiazole rings is 1. The Kier molecular flexibility index (Phi) is 4.65. The highest BCUT2D eigenvalue weighted by Gasteiger charge is 2.31. The Labute approximate surface area is 146 Å². The molecule has 4 rings (SSSR count). The van der Waals surface area contributed by atoms with Crippen molar-refractivity contribution in [2.45, 2.75) is 38.7 Å². The normalized spacial score (nSPS) is 22.2. The zero-order chi connectivity index (χ0) is 16.5. The fraction of sp³-hybridized carbons (Fsp3) is 0.706. The Morgan fingerprint density at radius 3 is 2.62 bits per heavy atom. The van der Waals surface area contributed by atoms with E-state index in [0.29, 0.717) is 11.8 Å². The minimum atomic E-state index is -0.146. The van der Waals surface area contributed by atoms with Crippen LogP contribution < -0.4 is 10.2 Å². The summed E-state index contributed by atoms with van der Waals surface area (Å²) in [5, 5.41) is 15.1. The number of aliphatic hydroxyl groups is 1. The van der Waals surface area contributed by atoms with E-state index in [9.17, 15) is 5.11 Å². The largest absolute Gasteiger partial charge is 0.393 e. The van der Waals surface area contributed by atoms with Gasteiger partial charge in [0.2, 0.25) is 0 Å². The summed E-state index contributed by atoms with van der Waals surface area (Å²) in [6, 6.07) is 0. The van der Waals surface area contributed by atoms with Gasteiger partial charge in [-0.2, -0.15) is 0 Å². The van der Waals surface area contributed by atoms with Crippen molar-refractivity contribution in [3.63, 3.8) is 0 Å². The highest BCUT2D eigenvalue weighted by molar-refractivity contribution is 7.18. The molecule has 7 heteroatoms. The second-order valence-corrected chi connectivity index (χ2v) is 8.17. The molecular formula is C17H25N5OS. The third-order valence-electron chi connectivity index (χ3n) is 5.43. The number of piperidine rings is 2.